The van der Waals surface area contributed by atoms with Crippen LogP contribution in [0.5, 0.6) is 0 Å². The van der Waals surface area contributed by atoms with Crippen LogP contribution in [0.2, 0.25) is 0 Å². The summed E-state index contributed by atoms with van der Waals surface area (Å²) in [4.78, 5) is 18.2. The normalized spacial score (nSPS) is 18.6. The molecule has 5 nitrogen and oxygen atoms in total. The summed E-state index contributed by atoms with van der Waals surface area (Å²) in [5.74, 6) is 2.19. The Hall–Kier alpha value is -2.17. The van der Waals surface area contributed by atoms with E-state index in [-0.39, 0.29) is 5.92 Å². The molecule has 2 fully saturated rings. The summed E-state index contributed by atoms with van der Waals surface area (Å²) in [6, 6.07) is 10.1. The Morgan fingerprint density at radius 1 is 1.24 bits per heavy atom. The largest absolute Gasteiger partial charge is 0.341 e. The van der Waals surface area contributed by atoms with E-state index in [0.29, 0.717) is 30.0 Å². The van der Waals surface area contributed by atoms with E-state index in [1.54, 1.807) is 0 Å². The first kappa shape index (κ1) is 12.6. The van der Waals surface area contributed by atoms with E-state index in [1.165, 1.54) is 5.56 Å². The minimum Gasteiger partial charge on any atom is -0.341 e. The number of aromatic nitrogens is 2. The number of hydrogen-bond acceptors (Lipinski definition) is 4. The van der Waals surface area contributed by atoms with Crippen LogP contribution in [0.4, 0.5) is 0 Å². The highest BCUT2D eigenvalue weighted by Gasteiger charge is 2.41. The summed E-state index contributed by atoms with van der Waals surface area (Å²) in [5.41, 5.74) is 1.17. The minimum absolute atomic E-state index is 0.213. The fourth-order valence-electron chi connectivity index (χ4n) is 2.69. The van der Waals surface area contributed by atoms with Crippen LogP contribution in [0.25, 0.3) is 0 Å². The zero-order chi connectivity index (χ0) is 14.2. The zero-order valence-corrected chi connectivity index (χ0v) is 11.7. The number of amides is 1. The third-order valence-electron chi connectivity index (χ3n) is 4.16. The van der Waals surface area contributed by atoms with Gasteiger partial charge in [-0.15, -0.1) is 0 Å². The lowest BCUT2D eigenvalue weighted by Crippen LogP contribution is -2.49. The lowest BCUT2D eigenvalue weighted by atomic mass is 9.99. The predicted molar refractivity (Wildman–Crippen MR) is 75.6 cm³/mol. The molecule has 0 radical (unpaired) electrons. The quantitative estimate of drug-likeness (QED) is 0.861. The fraction of sp³-hybridized carbons (Fsp3) is 0.438. The van der Waals surface area contributed by atoms with E-state index >= 15 is 0 Å². The molecule has 0 unspecified atom stereocenters. The second-order valence-corrected chi connectivity index (χ2v) is 5.93. The molecule has 0 bridgehead atoms. The van der Waals surface area contributed by atoms with Crippen LogP contribution in [0.3, 0.4) is 0 Å². The van der Waals surface area contributed by atoms with Crippen molar-refractivity contribution >= 4 is 5.91 Å². The molecule has 0 spiro atoms. The van der Waals surface area contributed by atoms with Crippen LogP contribution < -0.4 is 0 Å². The van der Waals surface area contributed by atoms with Gasteiger partial charge in [0, 0.05) is 25.4 Å². The van der Waals surface area contributed by atoms with E-state index in [1.807, 2.05) is 23.1 Å². The number of nitrogens with zero attached hydrogens (tertiary/aromatic N) is 3. The first-order chi connectivity index (χ1) is 10.3. The molecule has 108 valence electrons. The summed E-state index contributed by atoms with van der Waals surface area (Å²) in [6.07, 6.45) is 2.80. The van der Waals surface area contributed by atoms with Crippen molar-refractivity contribution in [1.29, 1.82) is 0 Å². The lowest BCUT2D eigenvalue weighted by molar-refractivity contribution is -0.137. The Bertz CT molecular complexity index is 643. The Morgan fingerprint density at radius 3 is 2.71 bits per heavy atom. The van der Waals surface area contributed by atoms with Crippen molar-refractivity contribution in [2.75, 3.05) is 13.1 Å². The number of hydrogen-bond donors (Lipinski definition) is 0. The molecule has 1 aliphatic carbocycles. The Balaban J connectivity index is 1.36. The van der Waals surface area contributed by atoms with E-state index < -0.39 is 0 Å². The first-order valence-corrected chi connectivity index (χ1v) is 7.45. The van der Waals surface area contributed by atoms with Gasteiger partial charge in [0.2, 0.25) is 11.8 Å². The predicted octanol–water partition coefficient (Wildman–Crippen LogP) is 2.00. The average molecular weight is 283 g/mol. The van der Waals surface area contributed by atoms with Gasteiger partial charge in [0.1, 0.15) is 0 Å². The summed E-state index contributed by atoms with van der Waals surface area (Å²) in [7, 11) is 0. The van der Waals surface area contributed by atoms with Gasteiger partial charge in [0.25, 0.3) is 0 Å². The highest BCUT2D eigenvalue weighted by molar-refractivity contribution is 5.81. The van der Waals surface area contributed by atoms with E-state index in [9.17, 15) is 4.79 Å². The van der Waals surface area contributed by atoms with Gasteiger partial charge in [-0.3, -0.25) is 4.79 Å². The number of benzene rings is 1. The van der Waals surface area contributed by atoms with Gasteiger partial charge in [-0.25, -0.2) is 0 Å². The minimum atomic E-state index is 0.213. The smallest absolute Gasteiger partial charge is 0.233 e. The summed E-state index contributed by atoms with van der Waals surface area (Å²) < 4.78 is 5.35. The van der Waals surface area contributed by atoms with Crippen LogP contribution in [0, 0.1) is 5.92 Å². The molecular formula is C16H17N3O2. The second-order valence-electron chi connectivity index (χ2n) is 5.93. The van der Waals surface area contributed by atoms with E-state index in [2.05, 4.69) is 22.3 Å². The van der Waals surface area contributed by atoms with Gasteiger partial charge in [-0.2, -0.15) is 4.98 Å². The van der Waals surface area contributed by atoms with Crippen molar-refractivity contribution in [3.63, 3.8) is 0 Å². The molecule has 1 amide bonds. The molecule has 0 N–H and O–H groups in total. The molecule has 21 heavy (non-hydrogen) atoms. The van der Waals surface area contributed by atoms with Gasteiger partial charge < -0.3 is 9.42 Å². The third-order valence-corrected chi connectivity index (χ3v) is 4.16. The van der Waals surface area contributed by atoms with Crippen LogP contribution in [-0.2, 0) is 11.2 Å². The third kappa shape index (κ3) is 2.55. The fourth-order valence-corrected chi connectivity index (χ4v) is 2.69. The summed E-state index contributed by atoms with van der Waals surface area (Å²) in [5, 5.41) is 4.04. The molecule has 4 rings (SSSR count). The van der Waals surface area contributed by atoms with Crippen molar-refractivity contribution in [2.24, 2.45) is 5.92 Å². The van der Waals surface area contributed by atoms with Gasteiger partial charge in [0.05, 0.1) is 5.92 Å². The van der Waals surface area contributed by atoms with Crippen LogP contribution in [0.15, 0.2) is 34.9 Å². The van der Waals surface area contributed by atoms with Crippen molar-refractivity contribution in [2.45, 2.75) is 25.2 Å². The molecule has 0 atom stereocenters. The molecule has 1 aromatic heterocycles. The van der Waals surface area contributed by atoms with Gasteiger partial charge in [0.15, 0.2) is 5.82 Å². The number of likely N-dealkylation sites (tertiary alicyclic amines) is 1. The molecule has 5 heteroatoms. The Labute approximate surface area is 123 Å². The Kier molecular flexibility index (Phi) is 2.98. The Morgan fingerprint density at radius 2 is 2.00 bits per heavy atom. The lowest BCUT2D eigenvalue weighted by Gasteiger charge is -2.37. The molecule has 1 saturated heterocycles. The van der Waals surface area contributed by atoms with Crippen molar-refractivity contribution in [3.05, 3.63) is 47.6 Å². The van der Waals surface area contributed by atoms with Crippen molar-refractivity contribution < 1.29 is 9.32 Å². The van der Waals surface area contributed by atoms with Gasteiger partial charge in [-0.1, -0.05) is 35.5 Å². The highest BCUT2D eigenvalue weighted by Crippen LogP contribution is 2.35. The zero-order valence-electron chi connectivity index (χ0n) is 11.7. The van der Waals surface area contributed by atoms with E-state index in [0.717, 1.165) is 25.9 Å². The van der Waals surface area contributed by atoms with Crippen molar-refractivity contribution in [1.82, 2.24) is 15.0 Å². The monoisotopic (exact) mass is 283 g/mol. The van der Waals surface area contributed by atoms with Gasteiger partial charge in [-0.05, 0) is 18.4 Å². The SMILES string of the molecule is O=C(C1CC1)N1CC(c2nc(Cc3ccccc3)no2)C1. The van der Waals surface area contributed by atoms with Crippen LogP contribution in [0.1, 0.15) is 36.0 Å². The second kappa shape index (κ2) is 4.98. The maximum Gasteiger partial charge on any atom is 0.233 e. The maximum atomic E-state index is 11.9. The molecule has 2 aromatic rings. The van der Waals surface area contributed by atoms with Crippen molar-refractivity contribution in [3.8, 4) is 0 Å². The topological polar surface area (TPSA) is 59.2 Å². The number of carbonyl (C=O) groups is 1. The molecular weight excluding hydrogens is 266 g/mol. The summed E-state index contributed by atoms with van der Waals surface area (Å²) in [6.45, 7) is 1.45. The highest BCUT2D eigenvalue weighted by atomic mass is 16.5. The standard InChI is InChI=1S/C16H17N3O2/c20-16(12-6-7-12)19-9-13(10-19)15-17-14(18-21-15)8-11-4-2-1-3-5-11/h1-5,12-13H,6-10H2. The van der Waals surface area contributed by atoms with Crippen LogP contribution in [-0.4, -0.2) is 34.0 Å². The molecule has 1 aromatic carbocycles. The molecule has 1 aliphatic heterocycles. The average Bonchev–Trinajstić information content (AvgIpc) is 3.21. The molecule has 2 heterocycles. The number of rotatable bonds is 4. The van der Waals surface area contributed by atoms with Crippen LogP contribution >= 0.6 is 0 Å². The summed E-state index contributed by atoms with van der Waals surface area (Å²) >= 11 is 0. The number of carbonyl (C=O) groups excluding carboxylic acids is 1. The maximum absolute atomic E-state index is 11.9. The van der Waals surface area contributed by atoms with Gasteiger partial charge >= 0.3 is 0 Å². The first-order valence-electron chi connectivity index (χ1n) is 7.45. The molecule has 1 saturated carbocycles. The molecule has 2 aliphatic rings. The van der Waals surface area contributed by atoms with E-state index in [4.69, 9.17) is 4.52 Å².